The third-order valence-corrected chi connectivity index (χ3v) is 3.37. The van der Waals surface area contributed by atoms with Crippen molar-refractivity contribution < 1.29 is 18.7 Å². The highest BCUT2D eigenvalue weighted by atomic mass is 19.1. The van der Waals surface area contributed by atoms with Crippen LogP contribution in [0.5, 0.6) is 11.5 Å². The van der Waals surface area contributed by atoms with Crippen molar-refractivity contribution in [2.45, 2.75) is 13.8 Å². The standard InChI is InChI=1S/C20H19FN2O3/c1-3-25-18-10-9-14(12-19(18)26-4-2)11-15(13-22)20(24)23-17-8-6-5-7-16(17)21/h5-12H,3-4H2,1-2H3,(H,23,24)/b15-11+. The number of para-hydroxylation sites is 1. The summed E-state index contributed by atoms with van der Waals surface area (Å²) in [5.74, 6) is -0.155. The molecule has 2 rings (SSSR count). The van der Waals surface area contributed by atoms with Crippen molar-refractivity contribution in [3.8, 4) is 17.6 Å². The average molecular weight is 354 g/mol. The zero-order valence-electron chi connectivity index (χ0n) is 14.6. The fourth-order valence-corrected chi connectivity index (χ4v) is 2.22. The maximum atomic E-state index is 13.7. The van der Waals surface area contributed by atoms with Crippen molar-refractivity contribution in [1.82, 2.24) is 0 Å². The zero-order valence-corrected chi connectivity index (χ0v) is 14.6. The Hall–Kier alpha value is -3.33. The minimum atomic E-state index is -0.690. The number of halogens is 1. The number of nitriles is 1. The molecular formula is C20H19FN2O3. The molecule has 1 amide bonds. The molecule has 0 aliphatic carbocycles. The molecule has 1 N–H and O–H groups in total. The van der Waals surface area contributed by atoms with Crippen molar-refractivity contribution in [3.63, 3.8) is 0 Å². The molecule has 0 saturated carbocycles. The molecule has 0 spiro atoms. The van der Waals surface area contributed by atoms with Gasteiger partial charge < -0.3 is 14.8 Å². The molecule has 26 heavy (non-hydrogen) atoms. The van der Waals surface area contributed by atoms with E-state index in [4.69, 9.17) is 9.47 Å². The van der Waals surface area contributed by atoms with Gasteiger partial charge in [-0.1, -0.05) is 18.2 Å². The summed E-state index contributed by atoms with van der Waals surface area (Å²) in [5, 5.41) is 11.7. The first kappa shape index (κ1) is 19.0. The van der Waals surface area contributed by atoms with Gasteiger partial charge in [0.25, 0.3) is 5.91 Å². The number of nitrogens with zero attached hydrogens (tertiary/aromatic N) is 1. The number of anilines is 1. The zero-order chi connectivity index (χ0) is 18.9. The molecule has 6 heteroatoms. The number of carbonyl (C=O) groups is 1. The van der Waals surface area contributed by atoms with Gasteiger partial charge in [-0.15, -0.1) is 0 Å². The molecule has 0 heterocycles. The van der Waals surface area contributed by atoms with Crippen LogP contribution in [-0.4, -0.2) is 19.1 Å². The highest BCUT2D eigenvalue weighted by Gasteiger charge is 2.13. The molecule has 5 nitrogen and oxygen atoms in total. The Morgan fingerprint density at radius 1 is 1.15 bits per heavy atom. The molecule has 0 unspecified atom stereocenters. The van der Waals surface area contributed by atoms with Crippen LogP contribution in [-0.2, 0) is 4.79 Å². The molecule has 0 fully saturated rings. The van der Waals surface area contributed by atoms with E-state index in [-0.39, 0.29) is 11.3 Å². The van der Waals surface area contributed by atoms with Crippen LogP contribution in [0.15, 0.2) is 48.0 Å². The largest absolute Gasteiger partial charge is 0.490 e. The molecule has 134 valence electrons. The first-order valence-corrected chi connectivity index (χ1v) is 8.16. The smallest absolute Gasteiger partial charge is 0.266 e. The van der Waals surface area contributed by atoms with Crippen LogP contribution in [0.3, 0.4) is 0 Å². The Morgan fingerprint density at radius 2 is 1.85 bits per heavy atom. The van der Waals surface area contributed by atoms with Gasteiger partial charge in [0.2, 0.25) is 0 Å². The maximum Gasteiger partial charge on any atom is 0.266 e. The van der Waals surface area contributed by atoms with Crippen LogP contribution in [0.25, 0.3) is 6.08 Å². The van der Waals surface area contributed by atoms with E-state index in [0.29, 0.717) is 30.3 Å². The Labute approximate surface area is 151 Å². The third-order valence-electron chi connectivity index (χ3n) is 3.37. The van der Waals surface area contributed by atoms with E-state index in [1.807, 2.05) is 19.9 Å². The summed E-state index contributed by atoms with van der Waals surface area (Å²) in [6, 6.07) is 12.7. The van der Waals surface area contributed by atoms with Gasteiger partial charge in [0.15, 0.2) is 11.5 Å². The number of ether oxygens (including phenoxy) is 2. The van der Waals surface area contributed by atoms with Crippen molar-refractivity contribution in [2.75, 3.05) is 18.5 Å². The molecule has 2 aromatic rings. The lowest BCUT2D eigenvalue weighted by atomic mass is 10.1. The number of rotatable bonds is 7. The Balaban J connectivity index is 2.27. The molecule has 0 aromatic heterocycles. The van der Waals surface area contributed by atoms with Crippen LogP contribution < -0.4 is 14.8 Å². The van der Waals surface area contributed by atoms with Gasteiger partial charge in [0.1, 0.15) is 17.5 Å². The number of carbonyl (C=O) groups excluding carboxylic acids is 1. The summed E-state index contributed by atoms with van der Waals surface area (Å²) >= 11 is 0. The second-order valence-electron chi connectivity index (χ2n) is 5.18. The van der Waals surface area contributed by atoms with Gasteiger partial charge in [-0.2, -0.15) is 5.26 Å². The average Bonchev–Trinajstić information content (AvgIpc) is 2.64. The van der Waals surface area contributed by atoms with Gasteiger partial charge in [-0.3, -0.25) is 4.79 Å². The first-order chi connectivity index (χ1) is 12.6. The van der Waals surface area contributed by atoms with Gasteiger partial charge in [0, 0.05) is 0 Å². The highest BCUT2D eigenvalue weighted by Crippen LogP contribution is 2.29. The Morgan fingerprint density at radius 3 is 2.50 bits per heavy atom. The van der Waals surface area contributed by atoms with E-state index in [9.17, 15) is 14.4 Å². The monoisotopic (exact) mass is 354 g/mol. The van der Waals surface area contributed by atoms with Crippen molar-refractivity contribution in [1.29, 1.82) is 5.26 Å². The van der Waals surface area contributed by atoms with Gasteiger partial charge in [-0.05, 0) is 49.8 Å². The van der Waals surface area contributed by atoms with Crippen LogP contribution in [0.4, 0.5) is 10.1 Å². The van der Waals surface area contributed by atoms with E-state index in [0.717, 1.165) is 0 Å². The van der Waals surface area contributed by atoms with Crippen LogP contribution in [0.1, 0.15) is 19.4 Å². The van der Waals surface area contributed by atoms with Gasteiger partial charge in [0.05, 0.1) is 18.9 Å². The van der Waals surface area contributed by atoms with Gasteiger partial charge >= 0.3 is 0 Å². The highest BCUT2D eigenvalue weighted by molar-refractivity contribution is 6.09. The number of hydrogen-bond acceptors (Lipinski definition) is 4. The van der Waals surface area contributed by atoms with Crippen LogP contribution >= 0.6 is 0 Å². The van der Waals surface area contributed by atoms with Crippen LogP contribution in [0.2, 0.25) is 0 Å². The minimum absolute atomic E-state index is 0.0142. The second kappa shape index (κ2) is 9.23. The lowest BCUT2D eigenvalue weighted by molar-refractivity contribution is -0.112. The Bertz CT molecular complexity index is 856. The maximum absolute atomic E-state index is 13.7. The van der Waals surface area contributed by atoms with E-state index >= 15 is 0 Å². The SMILES string of the molecule is CCOc1ccc(/C=C(\C#N)C(=O)Nc2ccccc2F)cc1OCC. The summed E-state index contributed by atoms with van der Waals surface area (Å²) in [4.78, 5) is 12.3. The summed E-state index contributed by atoms with van der Waals surface area (Å²) in [7, 11) is 0. The van der Waals surface area contributed by atoms with Crippen LogP contribution in [0, 0.1) is 17.1 Å². The number of nitrogens with one attached hydrogen (secondary N) is 1. The molecule has 0 radical (unpaired) electrons. The normalized spacial score (nSPS) is 10.8. The first-order valence-electron chi connectivity index (χ1n) is 8.16. The fourth-order valence-electron chi connectivity index (χ4n) is 2.22. The molecule has 0 saturated heterocycles. The molecule has 0 bridgehead atoms. The van der Waals surface area contributed by atoms with Crippen molar-refractivity contribution >= 4 is 17.7 Å². The number of hydrogen-bond donors (Lipinski definition) is 1. The van der Waals surface area contributed by atoms with E-state index < -0.39 is 11.7 Å². The summed E-state index contributed by atoms with van der Waals surface area (Å²) in [6.45, 7) is 4.65. The molecular weight excluding hydrogens is 335 g/mol. The molecule has 0 aliphatic rings. The minimum Gasteiger partial charge on any atom is -0.490 e. The van der Waals surface area contributed by atoms with E-state index in [1.165, 1.54) is 24.3 Å². The molecule has 0 atom stereocenters. The lowest BCUT2D eigenvalue weighted by Crippen LogP contribution is -2.14. The predicted octanol–water partition coefficient (Wildman–Crippen LogP) is 4.17. The quantitative estimate of drug-likeness (QED) is 0.598. The lowest BCUT2D eigenvalue weighted by Gasteiger charge is -2.11. The third kappa shape index (κ3) is 4.84. The summed E-state index contributed by atoms with van der Waals surface area (Å²) in [5.41, 5.74) is 0.456. The van der Waals surface area contributed by atoms with E-state index in [1.54, 1.807) is 24.3 Å². The van der Waals surface area contributed by atoms with Crippen molar-refractivity contribution in [2.24, 2.45) is 0 Å². The number of benzene rings is 2. The summed E-state index contributed by atoms with van der Waals surface area (Å²) < 4.78 is 24.7. The van der Waals surface area contributed by atoms with E-state index in [2.05, 4.69) is 5.32 Å². The topological polar surface area (TPSA) is 71.3 Å². The predicted molar refractivity (Wildman–Crippen MR) is 97.4 cm³/mol. The molecule has 2 aromatic carbocycles. The second-order valence-corrected chi connectivity index (χ2v) is 5.18. The summed E-state index contributed by atoms with van der Waals surface area (Å²) in [6.07, 6.45) is 1.41. The van der Waals surface area contributed by atoms with Gasteiger partial charge in [-0.25, -0.2) is 4.39 Å². The molecule has 0 aliphatic heterocycles. The fraction of sp³-hybridized carbons (Fsp3) is 0.200. The Kier molecular flexibility index (Phi) is 6.75. The van der Waals surface area contributed by atoms with Crippen molar-refractivity contribution in [3.05, 3.63) is 59.4 Å². The number of amides is 1.